The van der Waals surface area contributed by atoms with Crippen LogP contribution in [0.5, 0.6) is 0 Å². The first-order chi connectivity index (χ1) is 16.1. The molecule has 6 nitrogen and oxygen atoms in total. The van der Waals surface area contributed by atoms with Crippen LogP contribution in [-0.2, 0) is 12.8 Å². The van der Waals surface area contributed by atoms with Gasteiger partial charge in [-0.05, 0) is 36.0 Å². The van der Waals surface area contributed by atoms with Crippen molar-refractivity contribution in [2.24, 2.45) is 0 Å². The molecule has 1 aliphatic rings. The molecule has 33 heavy (non-hydrogen) atoms. The Bertz CT molecular complexity index is 1350. The van der Waals surface area contributed by atoms with Gasteiger partial charge >= 0.3 is 0 Å². The van der Waals surface area contributed by atoms with Gasteiger partial charge < -0.3 is 10.3 Å². The molecule has 168 valence electrons. The molecule has 1 aliphatic carbocycles. The quantitative estimate of drug-likeness (QED) is 0.352. The van der Waals surface area contributed by atoms with Gasteiger partial charge in [0.1, 0.15) is 0 Å². The van der Waals surface area contributed by atoms with Gasteiger partial charge in [0, 0.05) is 60.9 Å². The van der Waals surface area contributed by atoms with Gasteiger partial charge in [0.15, 0.2) is 11.5 Å². The molecule has 0 saturated carbocycles. The first-order valence-electron chi connectivity index (χ1n) is 11.4. The zero-order valence-electron chi connectivity index (χ0n) is 18.8. The summed E-state index contributed by atoms with van der Waals surface area (Å²) in [6.45, 7) is 5.16. The molecule has 1 atom stereocenters. The van der Waals surface area contributed by atoms with Gasteiger partial charge in [-0.25, -0.2) is 9.97 Å². The van der Waals surface area contributed by atoms with E-state index in [4.69, 9.17) is 21.6 Å². The smallest absolute Gasteiger partial charge is 0.180 e. The van der Waals surface area contributed by atoms with Gasteiger partial charge in [0.2, 0.25) is 0 Å². The fraction of sp³-hybridized carbons (Fsp3) is 0.269. The number of aromatic nitrogens is 5. The van der Waals surface area contributed by atoms with E-state index in [-0.39, 0.29) is 0 Å². The predicted octanol–water partition coefficient (Wildman–Crippen LogP) is 6.07. The molecule has 4 aromatic rings. The van der Waals surface area contributed by atoms with Gasteiger partial charge in [-0.2, -0.15) is 0 Å². The van der Waals surface area contributed by atoms with E-state index >= 15 is 0 Å². The van der Waals surface area contributed by atoms with Gasteiger partial charge in [0.25, 0.3) is 0 Å². The van der Waals surface area contributed by atoms with Crippen LogP contribution in [0.1, 0.15) is 48.7 Å². The lowest BCUT2D eigenvalue weighted by Gasteiger charge is -2.13. The first kappa shape index (κ1) is 21.5. The maximum absolute atomic E-state index is 6.21. The standard InChI is InChI=1S/C26H27ClN6/c1-3-17(2)24-15-31-26-25(32-23(16-33(24)26)19-11-20(27)14-28-12-19)29-10-9-18-13-30-22-8-6-4-5-7-21(18)22/h4-7,11-17,30H,3,8-10H2,1-2H3,(H,29,32). The van der Waals surface area contributed by atoms with Crippen molar-refractivity contribution in [1.82, 2.24) is 24.3 Å². The van der Waals surface area contributed by atoms with E-state index in [1.807, 2.05) is 18.5 Å². The van der Waals surface area contributed by atoms with E-state index in [1.165, 1.54) is 22.5 Å². The maximum Gasteiger partial charge on any atom is 0.180 e. The molecule has 1 unspecified atom stereocenters. The monoisotopic (exact) mass is 458 g/mol. The van der Waals surface area contributed by atoms with Crippen molar-refractivity contribution in [1.29, 1.82) is 0 Å². The number of hydrogen-bond acceptors (Lipinski definition) is 4. The van der Waals surface area contributed by atoms with Crippen molar-refractivity contribution in [3.8, 4) is 11.3 Å². The molecule has 7 heteroatoms. The van der Waals surface area contributed by atoms with Crippen molar-refractivity contribution >= 4 is 29.1 Å². The number of H-pyrrole nitrogens is 1. The first-order valence-corrected chi connectivity index (χ1v) is 11.8. The minimum Gasteiger partial charge on any atom is -0.367 e. The molecular weight excluding hydrogens is 432 g/mol. The summed E-state index contributed by atoms with van der Waals surface area (Å²) in [7, 11) is 0. The lowest BCUT2D eigenvalue weighted by atomic mass is 10.1. The van der Waals surface area contributed by atoms with Crippen LogP contribution in [0, 0.1) is 0 Å². The number of nitrogens with one attached hydrogen (secondary N) is 2. The Kier molecular flexibility index (Phi) is 6.01. The summed E-state index contributed by atoms with van der Waals surface area (Å²) < 4.78 is 2.15. The highest BCUT2D eigenvalue weighted by Gasteiger charge is 2.16. The Morgan fingerprint density at radius 3 is 3.00 bits per heavy atom. The van der Waals surface area contributed by atoms with E-state index in [2.05, 4.69) is 64.0 Å². The average Bonchev–Trinajstić information content (AvgIpc) is 3.35. The summed E-state index contributed by atoms with van der Waals surface area (Å²) in [6, 6.07) is 1.89. The van der Waals surface area contributed by atoms with Crippen molar-refractivity contribution < 1.29 is 0 Å². The van der Waals surface area contributed by atoms with Crippen LogP contribution in [0.3, 0.4) is 0 Å². The SMILES string of the molecule is CCC(C)c1cnc2c(NCCc3c[nH]c4c3C=CC=CC4)nc(-c3cncc(Cl)c3)cn12. The molecule has 4 heterocycles. The third kappa shape index (κ3) is 4.31. The molecule has 0 saturated heterocycles. The van der Waals surface area contributed by atoms with E-state index in [0.29, 0.717) is 10.9 Å². The molecular formula is C26H27ClN6. The second-order valence-corrected chi connectivity index (χ2v) is 8.86. The van der Waals surface area contributed by atoms with Gasteiger partial charge in [-0.3, -0.25) is 9.38 Å². The minimum atomic E-state index is 0.385. The van der Waals surface area contributed by atoms with Crippen LogP contribution in [0.15, 0.2) is 55.3 Å². The summed E-state index contributed by atoms with van der Waals surface area (Å²) in [6.07, 6.45) is 20.9. The Morgan fingerprint density at radius 2 is 2.15 bits per heavy atom. The highest BCUT2D eigenvalue weighted by molar-refractivity contribution is 6.30. The summed E-state index contributed by atoms with van der Waals surface area (Å²) in [5, 5.41) is 4.13. The number of pyridine rings is 1. The lowest BCUT2D eigenvalue weighted by molar-refractivity contribution is 0.700. The van der Waals surface area contributed by atoms with Crippen LogP contribution in [0.25, 0.3) is 23.0 Å². The van der Waals surface area contributed by atoms with E-state index in [1.54, 1.807) is 12.4 Å². The number of fused-ring (bicyclic) bond motifs is 2. The maximum atomic E-state index is 6.21. The highest BCUT2D eigenvalue weighted by Crippen LogP contribution is 2.28. The molecule has 0 fully saturated rings. The third-order valence-electron chi connectivity index (χ3n) is 6.25. The van der Waals surface area contributed by atoms with Crippen LogP contribution in [-0.4, -0.2) is 30.9 Å². The Morgan fingerprint density at radius 1 is 1.24 bits per heavy atom. The fourth-order valence-electron chi connectivity index (χ4n) is 4.23. The Balaban J connectivity index is 1.47. The summed E-state index contributed by atoms with van der Waals surface area (Å²) in [5.74, 6) is 1.15. The molecule has 0 spiro atoms. The second kappa shape index (κ2) is 9.24. The van der Waals surface area contributed by atoms with Gasteiger partial charge in [-0.1, -0.05) is 49.8 Å². The van der Waals surface area contributed by atoms with Crippen molar-refractivity contribution in [3.63, 3.8) is 0 Å². The second-order valence-electron chi connectivity index (χ2n) is 8.43. The third-order valence-corrected chi connectivity index (χ3v) is 6.46. The normalized spacial score (nSPS) is 13.8. The molecule has 0 radical (unpaired) electrons. The topological polar surface area (TPSA) is 70.9 Å². The summed E-state index contributed by atoms with van der Waals surface area (Å²) >= 11 is 6.21. The van der Waals surface area contributed by atoms with Crippen molar-refractivity contribution in [2.75, 3.05) is 11.9 Å². The number of rotatable bonds is 7. The number of hydrogen-bond donors (Lipinski definition) is 2. The minimum absolute atomic E-state index is 0.385. The van der Waals surface area contributed by atoms with E-state index in [9.17, 15) is 0 Å². The highest BCUT2D eigenvalue weighted by atomic mass is 35.5. The van der Waals surface area contributed by atoms with Crippen LogP contribution in [0.2, 0.25) is 5.02 Å². The zero-order chi connectivity index (χ0) is 22.8. The predicted molar refractivity (Wildman–Crippen MR) is 135 cm³/mol. The largest absolute Gasteiger partial charge is 0.367 e. The number of allylic oxidation sites excluding steroid dienone is 3. The van der Waals surface area contributed by atoms with Crippen molar-refractivity contribution in [3.05, 3.63) is 82.8 Å². The fourth-order valence-corrected chi connectivity index (χ4v) is 4.40. The number of anilines is 1. The van der Waals surface area contributed by atoms with Crippen LogP contribution >= 0.6 is 11.6 Å². The van der Waals surface area contributed by atoms with E-state index < -0.39 is 0 Å². The van der Waals surface area contributed by atoms with Gasteiger partial charge in [-0.15, -0.1) is 0 Å². The molecule has 2 N–H and O–H groups in total. The number of nitrogens with zero attached hydrogens (tertiary/aromatic N) is 4. The number of halogens is 1. The number of aromatic amines is 1. The zero-order valence-corrected chi connectivity index (χ0v) is 19.6. The Labute approximate surface area is 198 Å². The molecule has 4 aromatic heterocycles. The van der Waals surface area contributed by atoms with Gasteiger partial charge in [0.05, 0.1) is 10.7 Å². The molecule has 0 amide bonds. The molecule has 5 rings (SSSR count). The molecule has 0 aliphatic heterocycles. The molecule has 0 aromatic carbocycles. The summed E-state index contributed by atoms with van der Waals surface area (Å²) in [5.41, 5.74) is 7.55. The molecule has 0 bridgehead atoms. The number of imidazole rings is 1. The lowest BCUT2D eigenvalue weighted by Crippen LogP contribution is -2.10. The van der Waals surface area contributed by atoms with Crippen LogP contribution in [0.4, 0.5) is 5.82 Å². The average molecular weight is 459 g/mol. The van der Waals surface area contributed by atoms with Crippen LogP contribution < -0.4 is 5.32 Å². The Hall–Kier alpha value is -3.38. The summed E-state index contributed by atoms with van der Waals surface area (Å²) in [4.78, 5) is 17.3. The van der Waals surface area contributed by atoms with E-state index in [0.717, 1.165) is 48.5 Å². The van der Waals surface area contributed by atoms with Crippen molar-refractivity contribution in [2.45, 2.75) is 39.0 Å².